The van der Waals surface area contributed by atoms with E-state index in [1.165, 1.54) is 0 Å². The zero-order chi connectivity index (χ0) is 19.2. The number of aryl methyl sites for hydroxylation is 2. The minimum atomic E-state index is -0.368. The summed E-state index contributed by atoms with van der Waals surface area (Å²) >= 11 is 5.97. The van der Waals surface area contributed by atoms with Crippen molar-refractivity contribution in [3.8, 4) is 17.2 Å². The average molecular weight is 387 g/mol. The Morgan fingerprint density at radius 1 is 1.15 bits per heavy atom. The second-order valence-corrected chi connectivity index (χ2v) is 6.42. The van der Waals surface area contributed by atoms with Crippen molar-refractivity contribution in [3.05, 3.63) is 64.5 Å². The fourth-order valence-electron chi connectivity index (χ4n) is 2.47. The third-order valence-corrected chi connectivity index (χ3v) is 4.17. The van der Waals surface area contributed by atoms with Gasteiger partial charge in [-0.2, -0.15) is 0 Å². The maximum absolute atomic E-state index is 12.0. The zero-order valence-electron chi connectivity index (χ0n) is 15.1. The molecule has 0 N–H and O–H groups in total. The Bertz CT molecular complexity index is 922. The lowest BCUT2D eigenvalue weighted by Gasteiger charge is -2.09. The highest BCUT2D eigenvalue weighted by Crippen LogP contribution is 2.23. The number of nitrogens with zero attached hydrogens (tertiary/aromatic N) is 2. The molecule has 0 aliphatic rings. The van der Waals surface area contributed by atoms with Gasteiger partial charge in [0.05, 0.1) is 13.5 Å². The maximum atomic E-state index is 12.0. The summed E-state index contributed by atoms with van der Waals surface area (Å²) in [6.07, 6.45) is 0.447. The zero-order valence-corrected chi connectivity index (χ0v) is 15.8. The van der Waals surface area contributed by atoms with Crippen LogP contribution in [0.5, 0.6) is 5.75 Å². The number of rotatable bonds is 7. The molecule has 0 saturated carbocycles. The molecular formula is C20H19ClN2O4. The van der Waals surface area contributed by atoms with Gasteiger partial charge < -0.3 is 13.9 Å². The summed E-state index contributed by atoms with van der Waals surface area (Å²) in [5.74, 6) is 1.07. The lowest BCUT2D eigenvalue weighted by Crippen LogP contribution is -2.07. The third-order valence-electron chi connectivity index (χ3n) is 3.94. The largest absolute Gasteiger partial charge is 0.496 e. The monoisotopic (exact) mass is 386 g/mol. The maximum Gasteiger partial charge on any atom is 0.306 e. The summed E-state index contributed by atoms with van der Waals surface area (Å²) in [6, 6.07) is 12.9. The quantitative estimate of drug-likeness (QED) is 0.561. The molecule has 7 heteroatoms. The van der Waals surface area contributed by atoms with Crippen molar-refractivity contribution in [2.45, 2.75) is 26.4 Å². The number of methoxy groups -OCH3 is 1. The van der Waals surface area contributed by atoms with Crippen LogP contribution in [0.4, 0.5) is 0 Å². The third kappa shape index (κ3) is 5.08. The molecule has 6 nitrogen and oxygen atoms in total. The first-order chi connectivity index (χ1) is 13.0. The van der Waals surface area contributed by atoms with Crippen molar-refractivity contribution in [2.24, 2.45) is 0 Å². The standard InChI is InChI=1S/C20H19ClN2O4/c1-13-3-5-14(6-4-13)20-23-22-18(27-20)9-10-19(24)26-12-15-11-16(21)7-8-17(15)25-2/h3-8,11H,9-10,12H2,1-2H3. The number of carbonyl (C=O) groups excluding carboxylic acids is 1. The summed E-state index contributed by atoms with van der Waals surface area (Å²) in [7, 11) is 1.55. The molecule has 27 heavy (non-hydrogen) atoms. The van der Waals surface area contributed by atoms with Gasteiger partial charge in [0.1, 0.15) is 12.4 Å². The van der Waals surface area contributed by atoms with Gasteiger partial charge in [-0.15, -0.1) is 10.2 Å². The summed E-state index contributed by atoms with van der Waals surface area (Å²) in [5.41, 5.74) is 2.70. The molecule has 0 radical (unpaired) electrons. The van der Waals surface area contributed by atoms with Crippen LogP contribution >= 0.6 is 11.6 Å². The lowest BCUT2D eigenvalue weighted by atomic mass is 10.1. The Hall–Kier alpha value is -2.86. The van der Waals surface area contributed by atoms with Crippen LogP contribution in [0, 0.1) is 6.92 Å². The van der Waals surface area contributed by atoms with E-state index in [1.807, 2.05) is 31.2 Å². The van der Waals surface area contributed by atoms with Crippen LogP contribution in [0.2, 0.25) is 5.02 Å². The summed E-state index contributed by atoms with van der Waals surface area (Å²) < 4.78 is 16.1. The normalized spacial score (nSPS) is 10.6. The molecule has 0 spiro atoms. The number of halogens is 1. The molecule has 2 aromatic carbocycles. The van der Waals surface area contributed by atoms with E-state index < -0.39 is 0 Å². The first-order valence-corrected chi connectivity index (χ1v) is 8.80. The van der Waals surface area contributed by atoms with Crippen LogP contribution in [-0.4, -0.2) is 23.3 Å². The molecule has 3 aromatic rings. The van der Waals surface area contributed by atoms with Crippen molar-refractivity contribution in [2.75, 3.05) is 7.11 Å². The highest BCUT2D eigenvalue weighted by molar-refractivity contribution is 6.30. The molecule has 0 unspecified atom stereocenters. The minimum Gasteiger partial charge on any atom is -0.496 e. The summed E-state index contributed by atoms with van der Waals surface area (Å²) in [4.78, 5) is 12.0. The predicted octanol–water partition coefficient (Wildman–Crippen LogP) is 4.38. The van der Waals surface area contributed by atoms with Gasteiger partial charge in [-0.05, 0) is 37.3 Å². The second kappa shape index (κ2) is 8.68. The molecule has 1 heterocycles. The number of esters is 1. The first-order valence-electron chi connectivity index (χ1n) is 8.42. The number of hydrogen-bond acceptors (Lipinski definition) is 6. The van der Waals surface area contributed by atoms with Gasteiger partial charge in [-0.3, -0.25) is 4.79 Å². The summed E-state index contributed by atoms with van der Waals surface area (Å²) in [5, 5.41) is 8.55. The van der Waals surface area contributed by atoms with Gasteiger partial charge in [0, 0.05) is 22.6 Å². The molecule has 1 aromatic heterocycles. The second-order valence-electron chi connectivity index (χ2n) is 5.98. The SMILES string of the molecule is COc1ccc(Cl)cc1COC(=O)CCc1nnc(-c2ccc(C)cc2)o1. The minimum absolute atomic E-state index is 0.0843. The van der Waals surface area contributed by atoms with E-state index in [2.05, 4.69) is 10.2 Å². The van der Waals surface area contributed by atoms with Crippen molar-refractivity contribution in [1.82, 2.24) is 10.2 Å². The van der Waals surface area contributed by atoms with Crippen LogP contribution in [-0.2, 0) is 22.6 Å². The average Bonchev–Trinajstić information content (AvgIpc) is 3.14. The van der Waals surface area contributed by atoms with Gasteiger partial charge in [0.15, 0.2) is 0 Å². The Kier molecular flexibility index (Phi) is 6.08. The molecule has 140 valence electrons. The van der Waals surface area contributed by atoms with Gasteiger partial charge in [0.2, 0.25) is 11.8 Å². The molecule has 0 saturated heterocycles. The Balaban J connectivity index is 1.52. The molecule has 0 atom stereocenters. The van der Waals surface area contributed by atoms with E-state index >= 15 is 0 Å². The van der Waals surface area contributed by atoms with E-state index in [0.29, 0.717) is 34.5 Å². The number of benzene rings is 2. The fourth-order valence-corrected chi connectivity index (χ4v) is 2.66. The van der Waals surface area contributed by atoms with E-state index in [-0.39, 0.29) is 19.0 Å². The van der Waals surface area contributed by atoms with E-state index in [0.717, 1.165) is 11.1 Å². The smallest absolute Gasteiger partial charge is 0.306 e. The Morgan fingerprint density at radius 3 is 2.67 bits per heavy atom. The van der Waals surface area contributed by atoms with Crippen molar-refractivity contribution >= 4 is 17.6 Å². The fraction of sp³-hybridized carbons (Fsp3) is 0.250. The van der Waals surface area contributed by atoms with Gasteiger partial charge in [-0.1, -0.05) is 29.3 Å². The van der Waals surface area contributed by atoms with Crippen LogP contribution in [0.1, 0.15) is 23.4 Å². The lowest BCUT2D eigenvalue weighted by molar-refractivity contribution is -0.145. The molecule has 0 amide bonds. The topological polar surface area (TPSA) is 74.5 Å². The van der Waals surface area contributed by atoms with Gasteiger partial charge in [0.25, 0.3) is 0 Å². The molecule has 0 fully saturated rings. The molecule has 0 aliphatic carbocycles. The molecule has 0 aliphatic heterocycles. The van der Waals surface area contributed by atoms with Gasteiger partial charge in [-0.25, -0.2) is 0 Å². The molecule has 3 rings (SSSR count). The number of aromatic nitrogens is 2. The highest BCUT2D eigenvalue weighted by atomic mass is 35.5. The van der Waals surface area contributed by atoms with E-state index in [9.17, 15) is 4.79 Å². The number of hydrogen-bond donors (Lipinski definition) is 0. The van der Waals surface area contributed by atoms with E-state index in [4.69, 9.17) is 25.5 Å². The number of ether oxygens (including phenoxy) is 2. The Labute approximate surface area is 162 Å². The summed E-state index contributed by atoms with van der Waals surface area (Å²) in [6.45, 7) is 2.09. The first kappa shape index (κ1) is 18.9. The van der Waals surface area contributed by atoms with Crippen molar-refractivity contribution in [3.63, 3.8) is 0 Å². The van der Waals surface area contributed by atoms with Crippen LogP contribution in [0.25, 0.3) is 11.5 Å². The predicted molar refractivity (Wildman–Crippen MR) is 101 cm³/mol. The highest BCUT2D eigenvalue weighted by Gasteiger charge is 2.12. The van der Waals surface area contributed by atoms with Crippen LogP contribution in [0.3, 0.4) is 0 Å². The molecule has 0 bridgehead atoms. The van der Waals surface area contributed by atoms with Crippen molar-refractivity contribution < 1.29 is 18.7 Å². The van der Waals surface area contributed by atoms with Gasteiger partial charge >= 0.3 is 5.97 Å². The van der Waals surface area contributed by atoms with Crippen LogP contribution < -0.4 is 4.74 Å². The van der Waals surface area contributed by atoms with E-state index in [1.54, 1.807) is 25.3 Å². The van der Waals surface area contributed by atoms with Crippen molar-refractivity contribution in [1.29, 1.82) is 0 Å². The Morgan fingerprint density at radius 2 is 1.93 bits per heavy atom. The van der Waals surface area contributed by atoms with Crippen LogP contribution in [0.15, 0.2) is 46.9 Å². The number of carbonyl (C=O) groups is 1. The molecular weight excluding hydrogens is 368 g/mol.